The summed E-state index contributed by atoms with van der Waals surface area (Å²) in [5.74, 6) is 1.41. The number of ether oxygens (including phenoxy) is 1. The summed E-state index contributed by atoms with van der Waals surface area (Å²) < 4.78 is 5.56. The molecule has 2 aliphatic rings. The van der Waals surface area contributed by atoms with Crippen molar-refractivity contribution in [2.45, 2.75) is 52.1 Å². The van der Waals surface area contributed by atoms with Crippen LogP contribution in [0, 0.1) is 12.8 Å². The van der Waals surface area contributed by atoms with Gasteiger partial charge in [-0.15, -0.1) is 11.3 Å². The van der Waals surface area contributed by atoms with Gasteiger partial charge in [0.15, 0.2) is 0 Å². The van der Waals surface area contributed by atoms with Gasteiger partial charge in [0.05, 0.1) is 23.4 Å². The number of thiazole rings is 1. The van der Waals surface area contributed by atoms with Crippen molar-refractivity contribution in [2.24, 2.45) is 5.92 Å². The lowest BCUT2D eigenvalue weighted by Gasteiger charge is -2.34. The Morgan fingerprint density at radius 3 is 2.59 bits per heavy atom. The Kier molecular flexibility index (Phi) is 6.50. The lowest BCUT2D eigenvalue weighted by molar-refractivity contribution is -0.138. The molecule has 0 saturated carbocycles. The van der Waals surface area contributed by atoms with Crippen LogP contribution < -0.4 is 4.74 Å². The van der Waals surface area contributed by atoms with E-state index in [2.05, 4.69) is 39.2 Å². The third-order valence-corrected chi connectivity index (χ3v) is 6.92. The van der Waals surface area contributed by atoms with E-state index in [0.29, 0.717) is 12.5 Å². The number of aromatic nitrogens is 1. The lowest BCUT2D eigenvalue weighted by atomic mass is 9.94. The topological polar surface area (TPSA) is 45.7 Å². The summed E-state index contributed by atoms with van der Waals surface area (Å²) in [7, 11) is 0. The first-order valence-corrected chi connectivity index (χ1v) is 11.7. The van der Waals surface area contributed by atoms with Crippen LogP contribution >= 0.6 is 11.3 Å². The normalized spacial score (nSPS) is 20.9. The number of hydrogen-bond donors (Lipinski definition) is 0. The van der Waals surface area contributed by atoms with Gasteiger partial charge in [0.25, 0.3) is 0 Å². The smallest absolute Gasteiger partial charge is 0.226 e. The molecule has 1 amide bonds. The minimum absolute atomic E-state index is 0.159. The number of rotatable bonds is 6. The highest BCUT2D eigenvalue weighted by Crippen LogP contribution is 2.35. The summed E-state index contributed by atoms with van der Waals surface area (Å²) >= 11 is 1.71. The Morgan fingerprint density at radius 2 is 1.93 bits per heavy atom. The maximum atomic E-state index is 13.3. The van der Waals surface area contributed by atoms with E-state index in [1.54, 1.807) is 11.3 Å². The maximum absolute atomic E-state index is 13.3. The standard InChI is InChI=1S/C23H31N3O2S/c1-3-28-21-8-6-18(7-9-21)22-5-4-12-26(22)23(27)19-10-13-25(14-11-19)15-20-16-29-17(2)24-20/h6-9,16,19,22H,3-5,10-15H2,1-2H3. The third-order valence-electron chi connectivity index (χ3n) is 6.10. The molecule has 0 spiro atoms. The van der Waals surface area contributed by atoms with Crippen LogP contribution in [0.15, 0.2) is 29.6 Å². The van der Waals surface area contributed by atoms with E-state index < -0.39 is 0 Å². The predicted octanol–water partition coefficient (Wildman–Crippen LogP) is 4.43. The van der Waals surface area contributed by atoms with E-state index in [-0.39, 0.29) is 12.0 Å². The summed E-state index contributed by atoms with van der Waals surface area (Å²) in [5, 5.41) is 3.28. The van der Waals surface area contributed by atoms with Crippen molar-refractivity contribution >= 4 is 17.2 Å². The number of amides is 1. The minimum atomic E-state index is 0.159. The fourth-order valence-electron chi connectivity index (χ4n) is 4.61. The van der Waals surface area contributed by atoms with Gasteiger partial charge in [-0.25, -0.2) is 4.98 Å². The van der Waals surface area contributed by atoms with Crippen LogP contribution in [-0.4, -0.2) is 46.9 Å². The van der Waals surface area contributed by atoms with Crippen LogP contribution in [0.1, 0.15) is 54.9 Å². The number of benzene rings is 1. The van der Waals surface area contributed by atoms with Crippen molar-refractivity contribution in [2.75, 3.05) is 26.2 Å². The second-order valence-corrected chi connectivity index (χ2v) is 9.16. The van der Waals surface area contributed by atoms with Crippen LogP contribution in [-0.2, 0) is 11.3 Å². The van der Waals surface area contributed by atoms with Gasteiger partial charge in [-0.05, 0) is 70.3 Å². The maximum Gasteiger partial charge on any atom is 0.226 e. The number of piperidine rings is 1. The molecule has 2 aliphatic heterocycles. The van der Waals surface area contributed by atoms with Crippen molar-refractivity contribution in [3.63, 3.8) is 0 Å². The first kappa shape index (κ1) is 20.4. The molecular formula is C23H31N3O2S. The summed E-state index contributed by atoms with van der Waals surface area (Å²) in [4.78, 5) is 22.4. The van der Waals surface area contributed by atoms with Gasteiger partial charge >= 0.3 is 0 Å². The van der Waals surface area contributed by atoms with Crippen LogP contribution in [0.25, 0.3) is 0 Å². The van der Waals surface area contributed by atoms with E-state index in [1.807, 2.05) is 19.1 Å². The molecule has 3 heterocycles. The van der Waals surface area contributed by atoms with Crippen molar-refractivity contribution in [3.05, 3.63) is 45.9 Å². The van der Waals surface area contributed by atoms with Gasteiger partial charge < -0.3 is 9.64 Å². The molecule has 1 atom stereocenters. The minimum Gasteiger partial charge on any atom is -0.494 e. The van der Waals surface area contributed by atoms with Gasteiger partial charge in [-0.3, -0.25) is 9.69 Å². The molecule has 2 aromatic rings. The quantitative estimate of drug-likeness (QED) is 0.703. The van der Waals surface area contributed by atoms with Crippen molar-refractivity contribution < 1.29 is 9.53 Å². The predicted molar refractivity (Wildman–Crippen MR) is 116 cm³/mol. The zero-order chi connectivity index (χ0) is 20.2. The van der Waals surface area contributed by atoms with Gasteiger partial charge in [0.2, 0.25) is 5.91 Å². The number of carbonyl (C=O) groups excluding carboxylic acids is 1. The van der Waals surface area contributed by atoms with Crippen LogP contribution in [0.3, 0.4) is 0 Å². The van der Waals surface area contributed by atoms with E-state index >= 15 is 0 Å². The number of nitrogens with zero attached hydrogens (tertiary/aromatic N) is 3. The first-order chi connectivity index (χ1) is 14.1. The van der Waals surface area contributed by atoms with Gasteiger partial charge in [-0.1, -0.05) is 12.1 Å². The van der Waals surface area contributed by atoms with E-state index in [9.17, 15) is 4.79 Å². The summed E-state index contributed by atoms with van der Waals surface area (Å²) in [6, 6.07) is 8.52. The molecule has 4 rings (SSSR count). The summed E-state index contributed by atoms with van der Waals surface area (Å²) in [6.45, 7) is 8.47. The monoisotopic (exact) mass is 413 g/mol. The molecule has 0 radical (unpaired) electrons. The molecule has 1 unspecified atom stereocenters. The Labute approximate surface area is 177 Å². The highest BCUT2D eigenvalue weighted by Gasteiger charge is 2.35. The average Bonchev–Trinajstić information content (AvgIpc) is 3.38. The van der Waals surface area contributed by atoms with Crippen LogP contribution in [0.5, 0.6) is 5.75 Å². The van der Waals surface area contributed by atoms with E-state index in [1.165, 1.54) is 5.56 Å². The number of hydrogen-bond acceptors (Lipinski definition) is 5. The fraction of sp³-hybridized carbons (Fsp3) is 0.565. The second kappa shape index (κ2) is 9.26. The lowest BCUT2D eigenvalue weighted by Crippen LogP contribution is -2.42. The molecule has 156 valence electrons. The Balaban J connectivity index is 1.34. The number of aryl methyl sites for hydroxylation is 1. The van der Waals surface area contributed by atoms with Crippen LogP contribution in [0.4, 0.5) is 0 Å². The molecule has 2 saturated heterocycles. The molecule has 2 fully saturated rings. The van der Waals surface area contributed by atoms with Crippen molar-refractivity contribution in [3.8, 4) is 5.75 Å². The molecule has 0 bridgehead atoms. The Hall–Kier alpha value is -1.92. The van der Waals surface area contributed by atoms with Gasteiger partial charge in [0, 0.05) is 24.4 Å². The molecule has 0 aliphatic carbocycles. The average molecular weight is 414 g/mol. The Morgan fingerprint density at radius 1 is 1.17 bits per heavy atom. The highest BCUT2D eigenvalue weighted by atomic mass is 32.1. The fourth-order valence-corrected chi connectivity index (χ4v) is 5.22. The molecule has 6 heteroatoms. The van der Waals surface area contributed by atoms with E-state index in [4.69, 9.17) is 4.74 Å². The third kappa shape index (κ3) is 4.81. The van der Waals surface area contributed by atoms with Crippen LogP contribution in [0.2, 0.25) is 0 Å². The largest absolute Gasteiger partial charge is 0.494 e. The van der Waals surface area contributed by atoms with Crippen molar-refractivity contribution in [1.82, 2.24) is 14.8 Å². The molecule has 1 aromatic carbocycles. The molecule has 5 nitrogen and oxygen atoms in total. The second-order valence-electron chi connectivity index (χ2n) is 8.10. The van der Waals surface area contributed by atoms with Gasteiger partial charge in [0.1, 0.15) is 5.75 Å². The zero-order valence-electron chi connectivity index (χ0n) is 17.5. The zero-order valence-corrected chi connectivity index (χ0v) is 18.3. The Bertz CT molecular complexity index is 812. The van der Waals surface area contributed by atoms with E-state index in [0.717, 1.165) is 68.3 Å². The molecule has 1 aromatic heterocycles. The molecule has 29 heavy (non-hydrogen) atoms. The first-order valence-electron chi connectivity index (χ1n) is 10.8. The summed E-state index contributed by atoms with van der Waals surface area (Å²) in [5.41, 5.74) is 2.39. The highest BCUT2D eigenvalue weighted by molar-refractivity contribution is 7.09. The van der Waals surface area contributed by atoms with Crippen molar-refractivity contribution in [1.29, 1.82) is 0 Å². The summed E-state index contributed by atoms with van der Waals surface area (Å²) in [6.07, 6.45) is 4.05. The van der Waals surface area contributed by atoms with Gasteiger partial charge in [-0.2, -0.15) is 0 Å². The SMILES string of the molecule is CCOc1ccc(C2CCCN2C(=O)C2CCN(Cc3csc(C)n3)CC2)cc1. The number of carbonyl (C=O) groups is 1. The molecular weight excluding hydrogens is 382 g/mol. The molecule has 0 N–H and O–H groups in total. The number of likely N-dealkylation sites (tertiary alicyclic amines) is 2.